The summed E-state index contributed by atoms with van der Waals surface area (Å²) in [6.07, 6.45) is 0. The van der Waals surface area contributed by atoms with Crippen LogP contribution in [0.3, 0.4) is 0 Å². The first-order valence-corrected chi connectivity index (χ1v) is 6.28. The zero-order chi connectivity index (χ0) is 14.2. The molecule has 3 heterocycles. The maximum atomic E-state index is 5.77. The molecule has 2 aromatic heterocycles. The van der Waals surface area contributed by atoms with Crippen LogP contribution in [0.5, 0.6) is 17.2 Å². The summed E-state index contributed by atoms with van der Waals surface area (Å²) >= 11 is 0. The van der Waals surface area contributed by atoms with Gasteiger partial charge in [-0.3, -0.25) is 0 Å². The molecule has 1 aliphatic rings. The van der Waals surface area contributed by atoms with Gasteiger partial charge >= 0.3 is 0 Å². The molecule has 0 atom stereocenters. The van der Waals surface area contributed by atoms with Crippen molar-refractivity contribution in [2.24, 2.45) is 0 Å². The highest BCUT2D eigenvalue weighted by atomic mass is 16.7. The number of nitrogens with zero attached hydrogens (tertiary/aromatic N) is 3. The Hall–Kier alpha value is -3.03. The molecule has 0 unspecified atom stereocenters. The lowest BCUT2D eigenvalue weighted by Gasteiger charge is -2.07. The summed E-state index contributed by atoms with van der Waals surface area (Å²) in [6.45, 7) is 0.599. The summed E-state index contributed by atoms with van der Waals surface area (Å²) in [6, 6.07) is 7.27. The van der Waals surface area contributed by atoms with Crippen LogP contribution in [0.1, 0.15) is 5.56 Å². The van der Waals surface area contributed by atoms with Crippen molar-refractivity contribution in [2.45, 2.75) is 6.61 Å². The van der Waals surface area contributed by atoms with Crippen molar-refractivity contribution in [3.63, 3.8) is 0 Å². The first kappa shape index (κ1) is 11.8. The quantitative estimate of drug-likeness (QED) is 0.745. The Morgan fingerprint density at radius 3 is 3.10 bits per heavy atom. The lowest BCUT2D eigenvalue weighted by Crippen LogP contribution is -1.99. The van der Waals surface area contributed by atoms with Crippen molar-refractivity contribution >= 4 is 17.0 Å². The number of aromatic nitrogens is 4. The molecule has 0 radical (unpaired) electrons. The smallest absolute Gasteiger partial charge is 0.231 e. The highest BCUT2D eigenvalue weighted by Crippen LogP contribution is 2.33. The molecule has 0 amide bonds. The van der Waals surface area contributed by atoms with E-state index in [-0.39, 0.29) is 6.79 Å². The number of fused-ring (bicyclic) bond motifs is 2. The summed E-state index contributed by atoms with van der Waals surface area (Å²) in [4.78, 5) is 4.08. The Bertz CT molecular complexity index is 817. The third-order valence-corrected chi connectivity index (χ3v) is 3.11. The summed E-state index contributed by atoms with van der Waals surface area (Å²) in [7, 11) is 0. The minimum Gasteiger partial charge on any atom is -0.486 e. The number of rotatable bonds is 3. The second-order valence-corrected chi connectivity index (χ2v) is 4.53. The maximum Gasteiger partial charge on any atom is 0.231 e. The number of ether oxygens (including phenoxy) is 3. The molecule has 0 aliphatic carbocycles. The van der Waals surface area contributed by atoms with Gasteiger partial charge in [-0.15, -0.1) is 5.10 Å². The normalized spacial score (nSPS) is 12.8. The molecule has 8 heteroatoms. The SMILES string of the molecule is Nc1cc(OCc2ccc3c(c2)OCO3)c2nn[nH]c2n1. The highest BCUT2D eigenvalue weighted by molar-refractivity contribution is 5.78. The van der Waals surface area contributed by atoms with Gasteiger partial charge in [-0.1, -0.05) is 11.3 Å². The van der Waals surface area contributed by atoms with E-state index in [0.29, 0.717) is 29.3 Å². The summed E-state index contributed by atoms with van der Waals surface area (Å²) in [5.74, 6) is 2.33. The number of nitrogens with one attached hydrogen (secondary N) is 1. The molecule has 1 aliphatic heterocycles. The largest absolute Gasteiger partial charge is 0.486 e. The Balaban J connectivity index is 1.59. The highest BCUT2D eigenvalue weighted by Gasteiger charge is 2.14. The maximum absolute atomic E-state index is 5.77. The molecule has 0 fully saturated rings. The molecule has 3 aromatic rings. The van der Waals surface area contributed by atoms with E-state index >= 15 is 0 Å². The molecule has 0 saturated heterocycles. The fourth-order valence-corrected chi connectivity index (χ4v) is 2.13. The molecule has 0 saturated carbocycles. The van der Waals surface area contributed by atoms with Crippen molar-refractivity contribution in [3.8, 4) is 17.2 Å². The van der Waals surface area contributed by atoms with E-state index in [2.05, 4.69) is 20.4 Å². The number of aromatic amines is 1. The number of anilines is 1. The lowest BCUT2D eigenvalue weighted by atomic mass is 10.2. The Morgan fingerprint density at radius 1 is 1.24 bits per heavy atom. The summed E-state index contributed by atoms with van der Waals surface area (Å²) in [5, 5.41) is 10.3. The van der Waals surface area contributed by atoms with Crippen LogP contribution >= 0.6 is 0 Å². The van der Waals surface area contributed by atoms with Crippen LogP contribution in [0, 0.1) is 0 Å². The molecule has 106 valence electrons. The number of hydrogen-bond donors (Lipinski definition) is 2. The zero-order valence-corrected chi connectivity index (χ0v) is 10.9. The summed E-state index contributed by atoms with van der Waals surface area (Å²) in [5.41, 5.74) is 7.72. The van der Waals surface area contributed by atoms with Crippen molar-refractivity contribution in [2.75, 3.05) is 12.5 Å². The van der Waals surface area contributed by atoms with Gasteiger partial charge in [-0.25, -0.2) is 10.1 Å². The zero-order valence-electron chi connectivity index (χ0n) is 10.9. The molecule has 0 spiro atoms. The molecular formula is C13H11N5O3. The second-order valence-electron chi connectivity index (χ2n) is 4.53. The molecule has 4 rings (SSSR count). The van der Waals surface area contributed by atoms with Gasteiger partial charge in [0.1, 0.15) is 12.4 Å². The van der Waals surface area contributed by atoms with Gasteiger partial charge in [0.05, 0.1) is 0 Å². The van der Waals surface area contributed by atoms with Crippen molar-refractivity contribution in [3.05, 3.63) is 29.8 Å². The Labute approximate surface area is 118 Å². The van der Waals surface area contributed by atoms with Gasteiger partial charge in [0.25, 0.3) is 0 Å². The van der Waals surface area contributed by atoms with Crippen LogP contribution in [0.15, 0.2) is 24.3 Å². The number of benzene rings is 1. The fraction of sp³-hybridized carbons (Fsp3) is 0.154. The molecule has 3 N–H and O–H groups in total. The molecular weight excluding hydrogens is 274 g/mol. The predicted octanol–water partition coefficient (Wildman–Crippen LogP) is 1.24. The second kappa shape index (κ2) is 4.51. The topological polar surface area (TPSA) is 108 Å². The predicted molar refractivity (Wildman–Crippen MR) is 73.0 cm³/mol. The van der Waals surface area contributed by atoms with Gasteiger partial charge < -0.3 is 19.9 Å². The van der Waals surface area contributed by atoms with Gasteiger partial charge in [0.15, 0.2) is 28.4 Å². The van der Waals surface area contributed by atoms with Crippen LogP contribution in [-0.2, 0) is 6.61 Å². The van der Waals surface area contributed by atoms with Crippen LogP contribution in [0.2, 0.25) is 0 Å². The fourth-order valence-electron chi connectivity index (χ4n) is 2.13. The van der Waals surface area contributed by atoms with E-state index in [1.54, 1.807) is 6.07 Å². The van der Waals surface area contributed by atoms with E-state index in [0.717, 1.165) is 17.1 Å². The first-order chi connectivity index (χ1) is 10.3. The van der Waals surface area contributed by atoms with E-state index in [1.807, 2.05) is 18.2 Å². The number of nitrogens with two attached hydrogens (primary N) is 1. The average Bonchev–Trinajstić information content (AvgIpc) is 3.12. The average molecular weight is 285 g/mol. The van der Waals surface area contributed by atoms with Gasteiger partial charge in [0, 0.05) is 6.07 Å². The third-order valence-electron chi connectivity index (χ3n) is 3.11. The number of nitrogen functional groups attached to an aromatic ring is 1. The van der Waals surface area contributed by atoms with Gasteiger partial charge in [0.2, 0.25) is 6.79 Å². The molecule has 8 nitrogen and oxygen atoms in total. The van der Waals surface area contributed by atoms with Crippen molar-refractivity contribution in [1.29, 1.82) is 0 Å². The van der Waals surface area contributed by atoms with Crippen molar-refractivity contribution < 1.29 is 14.2 Å². The molecule has 0 bridgehead atoms. The monoisotopic (exact) mass is 285 g/mol. The lowest BCUT2D eigenvalue weighted by molar-refractivity contribution is 0.174. The van der Waals surface area contributed by atoms with Gasteiger partial charge in [-0.2, -0.15) is 0 Å². The molecule has 1 aromatic carbocycles. The first-order valence-electron chi connectivity index (χ1n) is 6.28. The molecule has 21 heavy (non-hydrogen) atoms. The van der Waals surface area contributed by atoms with Crippen LogP contribution in [-0.4, -0.2) is 27.2 Å². The van der Waals surface area contributed by atoms with Crippen LogP contribution < -0.4 is 19.9 Å². The minimum atomic E-state index is 0.250. The minimum absolute atomic E-state index is 0.250. The Morgan fingerprint density at radius 2 is 2.14 bits per heavy atom. The van der Waals surface area contributed by atoms with Crippen molar-refractivity contribution in [1.82, 2.24) is 20.4 Å². The number of H-pyrrole nitrogens is 1. The van der Waals surface area contributed by atoms with Crippen LogP contribution in [0.25, 0.3) is 11.2 Å². The van der Waals surface area contributed by atoms with Crippen LogP contribution in [0.4, 0.5) is 5.82 Å². The van der Waals surface area contributed by atoms with E-state index in [1.165, 1.54) is 0 Å². The number of pyridine rings is 1. The standard InChI is InChI=1S/C13H11N5O3/c14-11-4-10(12-13(15-11)17-18-16-12)19-5-7-1-2-8-9(3-7)21-6-20-8/h1-4H,5-6H2,(H3,14,15,16,17,18). The van der Waals surface area contributed by atoms with E-state index < -0.39 is 0 Å². The third kappa shape index (κ3) is 2.06. The summed E-state index contributed by atoms with van der Waals surface area (Å²) < 4.78 is 16.4. The van der Waals surface area contributed by atoms with E-state index in [9.17, 15) is 0 Å². The van der Waals surface area contributed by atoms with E-state index in [4.69, 9.17) is 19.9 Å². The van der Waals surface area contributed by atoms with Gasteiger partial charge in [-0.05, 0) is 17.7 Å². The Kier molecular flexibility index (Phi) is 2.53. The number of hydrogen-bond acceptors (Lipinski definition) is 7.